The quantitative estimate of drug-likeness (QED) is 0.741. The molecule has 0 aliphatic rings. The van der Waals surface area contributed by atoms with E-state index in [1.807, 2.05) is 6.07 Å². The van der Waals surface area contributed by atoms with E-state index in [1.165, 1.54) is 19.1 Å². The summed E-state index contributed by atoms with van der Waals surface area (Å²) in [5, 5.41) is 0. The number of carbonyl (C=O) groups excluding carboxylic acids is 1. The van der Waals surface area contributed by atoms with Crippen LogP contribution in [0.15, 0.2) is 36.8 Å². The molecule has 0 saturated heterocycles. The lowest BCUT2D eigenvalue weighted by atomic mass is 10.2. The van der Waals surface area contributed by atoms with Crippen LogP contribution in [0.3, 0.4) is 0 Å². The maximum Gasteiger partial charge on any atom is 0.179 e. The van der Waals surface area contributed by atoms with Crippen LogP contribution in [0.5, 0.6) is 0 Å². The summed E-state index contributed by atoms with van der Waals surface area (Å²) in [7, 11) is 0. The normalized spacial score (nSPS) is 10.4. The molecule has 3 nitrogen and oxygen atoms in total. The number of nitrogens with zero attached hydrogens (tertiary/aromatic N) is 2. The van der Waals surface area contributed by atoms with E-state index in [0.717, 1.165) is 5.56 Å². The highest BCUT2D eigenvalue weighted by atomic mass is 19.1. The summed E-state index contributed by atoms with van der Waals surface area (Å²) in [4.78, 5) is 15.0. The second-order valence-electron chi connectivity index (χ2n) is 3.62. The van der Waals surface area contributed by atoms with Crippen molar-refractivity contribution >= 4 is 5.78 Å². The molecule has 0 aliphatic heterocycles. The molecule has 1 heterocycles. The number of Topliss-reactive ketones (excluding diaryl/α,β-unsaturated/α-hetero) is 1. The van der Waals surface area contributed by atoms with Gasteiger partial charge in [0.1, 0.15) is 11.5 Å². The summed E-state index contributed by atoms with van der Waals surface area (Å²) in [6.07, 6.45) is 3.23. The van der Waals surface area contributed by atoms with Crippen LogP contribution >= 0.6 is 0 Å². The molecule has 0 unspecified atom stereocenters. The Balaban J connectivity index is 2.17. The average Bonchev–Trinajstić information content (AvgIpc) is 2.66. The van der Waals surface area contributed by atoms with Gasteiger partial charge in [-0.15, -0.1) is 0 Å². The number of imidazole rings is 1. The summed E-state index contributed by atoms with van der Waals surface area (Å²) in [6, 6.07) is 6.36. The molecule has 0 spiro atoms. The van der Waals surface area contributed by atoms with Crippen LogP contribution in [0.25, 0.3) is 0 Å². The fourth-order valence-electron chi connectivity index (χ4n) is 1.47. The van der Waals surface area contributed by atoms with Crippen molar-refractivity contribution in [3.8, 4) is 0 Å². The number of benzene rings is 1. The minimum Gasteiger partial charge on any atom is -0.332 e. The summed E-state index contributed by atoms with van der Waals surface area (Å²) >= 11 is 0. The van der Waals surface area contributed by atoms with Gasteiger partial charge < -0.3 is 4.57 Å². The molecule has 2 aromatic rings. The van der Waals surface area contributed by atoms with Gasteiger partial charge in [-0.05, 0) is 17.7 Å². The average molecular weight is 218 g/mol. The van der Waals surface area contributed by atoms with E-state index in [4.69, 9.17) is 0 Å². The molecule has 2 rings (SSSR count). The van der Waals surface area contributed by atoms with E-state index in [0.29, 0.717) is 12.2 Å². The number of aromatic nitrogens is 2. The highest BCUT2D eigenvalue weighted by Crippen LogP contribution is 2.06. The molecule has 1 aromatic heterocycles. The van der Waals surface area contributed by atoms with Gasteiger partial charge in [-0.1, -0.05) is 12.1 Å². The van der Waals surface area contributed by atoms with Gasteiger partial charge in [-0.2, -0.15) is 0 Å². The fraction of sp³-hybridized carbons (Fsp3) is 0.167. The van der Waals surface area contributed by atoms with Gasteiger partial charge in [0.25, 0.3) is 0 Å². The molecule has 0 amide bonds. The van der Waals surface area contributed by atoms with Crippen LogP contribution in [-0.4, -0.2) is 15.3 Å². The molecule has 16 heavy (non-hydrogen) atoms. The maximum absolute atomic E-state index is 12.9. The number of ketones is 1. The maximum atomic E-state index is 12.9. The van der Waals surface area contributed by atoms with Gasteiger partial charge in [0, 0.05) is 19.7 Å². The third-order valence-electron chi connectivity index (χ3n) is 2.25. The van der Waals surface area contributed by atoms with E-state index >= 15 is 0 Å². The van der Waals surface area contributed by atoms with Crippen molar-refractivity contribution in [2.45, 2.75) is 13.5 Å². The number of hydrogen-bond acceptors (Lipinski definition) is 2. The summed E-state index contributed by atoms with van der Waals surface area (Å²) in [5.74, 6) is -0.331. The standard InChI is InChI=1S/C12H11FN2O/c1-9(16)12-7-15(8-14-12)6-10-3-2-4-11(13)5-10/h2-5,7-8H,6H2,1H3. The van der Waals surface area contributed by atoms with Crippen molar-refractivity contribution in [1.29, 1.82) is 0 Å². The summed E-state index contributed by atoms with van der Waals surface area (Å²) in [5.41, 5.74) is 1.27. The molecule has 4 heteroatoms. The lowest BCUT2D eigenvalue weighted by molar-refractivity contribution is 0.101. The van der Waals surface area contributed by atoms with Crippen LogP contribution in [0.1, 0.15) is 23.0 Å². The predicted molar refractivity (Wildman–Crippen MR) is 57.7 cm³/mol. The van der Waals surface area contributed by atoms with E-state index in [2.05, 4.69) is 4.98 Å². The van der Waals surface area contributed by atoms with Crippen LogP contribution in [0, 0.1) is 5.82 Å². The molecular weight excluding hydrogens is 207 g/mol. The molecule has 1 aromatic carbocycles. The van der Waals surface area contributed by atoms with Gasteiger partial charge in [-0.25, -0.2) is 9.37 Å². The first kappa shape index (κ1) is 10.5. The Morgan fingerprint density at radius 2 is 2.31 bits per heavy atom. The minimum absolute atomic E-state index is 0.0713. The fourth-order valence-corrected chi connectivity index (χ4v) is 1.47. The SMILES string of the molecule is CC(=O)c1cn(Cc2cccc(F)c2)cn1. The Morgan fingerprint density at radius 1 is 1.50 bits per heavy atom. The first-order valence-corrected chi connectivity index (χ1v) is 4.92. The topological polar surface area (TPSA) is 34.9 Å². The van der Waals surface area contributed by atoms with Gasteiger partial charge in [0.05, 0.1) is 6.33 Å². The Hall–Kier alpha value is -1.97. The smallest absolute Gasteiger partial charge is 0.179 e. The van der Waals surface area contributed by atoms with Crippen molar-refractivity contribution in [1.82, 2.24) is 9.55 Å². The van der Waals surface area contributed by atoms with Gasteiger partial charge in [-0.3, -0.25) is 4.79 Å². The van der Waals surface area contributed by atoms with Crippen molar-refractivity contribution < 1.29 is 9.18 Å². The first-order chi connectivity index (χ1) is 7.65. The van der Waals surface area contributed by atoms with E-state index < -0.39 is 0 Å². The molecule has 0 bridgehead atoms. The molecule has 0 saturated carbocycles. The number of halogens is 1. The first-order valence-electron chi connectivity index (χ1n) is 4.92. The highest BCUT2D eigenvalue weighted by Gasteiger charge is 2.03. The van der Waals surface area contributed by atoms with Gasteiger partial charge in [0.15, 0.2) is 5.78 Å². The molecule has 0 aliphatic carbocycles. The summed E-state index contributed by atoms with van der Waals surface area (Å²) in [6.45, 7) is 1.98. The van der Waals surface area contributed by atoms with Crippen LogP contribution in [0.4, 0.5) is 4.39 Å². The Kier molecular flexibility index (Phi) is 2.81. The van der Waals surface area contributed by atoms with Crippen molar-refractivity contribution in [3.05, 3.63) is 53.9 Å². The molecular formula is C12H11FN2O. The van der Waals surface area contributed by atoms with E-state index in [-0.39, 0.29) is 11.6 Å². The van der Waals surface area contributed by atoms with Crippen molar-refractivity contribution in [2.24, 2.45) is 0 Å². The molecule has 0 radical (unpaired) electrons. The highest BCUT2D eigenvalue weighted by molar-refractivity contribution is 5.91. The largest absolute Gasteiger partial charge is 0.332 e. The Morgan fingerprint density at radius 3 is 2.94 bits per heavy atom. The van der Waals surface area contributed by atoms with Crippen LogP contribution < -0.4 is 0 Å². The second kappa shape index (κ2) is 4.26. The molecule has 0 fully saturated rings. The van der Waals surface area contributed by atoms with Gasteiger partial charge >= 0.3 is 0 Å². The second-order valence-corrected chi connectivity index (χ2v) is 3.62. The third kappa shape index (κ3) is 2.34. The number of hydrogen-bond donors (Lipinski definition) is 0. The number of rotatable bonds is 3. The zero-order chi connectivity index (χ0) is 11.5. The predicted octanol–water partition coefficient (Wildman–Crippen LogP) is 2.27. The van der Waals surface area contributed by atoms with E-state index in [9.17, 15) is 9.18 Å². The zero-order valence-electron chi connectivity index (χ0n) is 8.85. The lowest BCUT2D eigenvalue weighted by Crippen LogP contribution is -1.97. The van der Waals surface area contributed by atoms with Crippen LogP contribution in [0.2, 0.25) is 0 Å². The molecule has 82 valence electrons. The Bertz CT molecular complexity index is 519. The van der Waals surface area contributed by atoms with Crippen molar-refractivity contribution in [2.75, 3.05) is 0 Å². The van der Waals surface area contributed by atoms with Crippen LogP contribution in [-0.2, 0) is 6.54 Å². The summed E-state index contributed by atoms with van der Waals surface area (Å²) < 4.78 is 14.7. The zero-order valence-corrected chi connectivity index (χ0v) is 8.85. The van der Waals surface area contributed by atoms with Gasteiger partial charge in [0.2, 0.25) is 0 Å². The minimum atomic E-state index is -0.260. The number of carbonyl (C=O) groups is 1. The van der Waals surface area contributed by atoms with Crippen molar-refractivity contribution in [3.63, 3.8) is 0 Å². The van der Waals surface area contributed by atoms with E-state index in [1.54, 1.807) is 23.2 Å². The monoisotopic (exact) mass is 218 g/mol. The third-order valence-corrected chi connectivity index (χ3v) is 2.25. The molecule has 0 atom stereocenters. The Labute approximate surface area is 92.5 Å². The molecule has 0 N–H and O–H groups in total. The lowest BCUT2D eigenvalue weighted by Gasteiger charge is -2.01.